The summed E-state index contributed by atoms with van der Waals surface area (Å²) in [5.41, 5.74) is 3.83. The van der Waals surface area contributed by atoms with Gasteiger partial charge in [-0.1, -0.05) is 23.8 Å². The molecule has 18 heavy (non-hydrogen) atoms. The van der Waals surface area contributed by atoms with Crippen molar-refractivity contribution in [1.29, 1.82) is 0 Å². The minimum atomic E-state index is 0.293. The molecule has 3 heteroatoms. The number of carbonyl (C=O) groups is 1. The van der Waals surface area contributed by atoms with Crippen LogP contribution in [0.2, 0.25) is 0 Å². The zero-order valence-corrected chi connectivity index (χ0v) is 11.2. The van der Waals surface area contributed by atoms with E-state index in [-0.39, 0.29) is 0 Å². The number of benzene rings is 1. The third-order valence-electron chi connectivity index (χ3n) is 3.60. The van der Waals surface area contributed by atoms with Gasteiger partial charge in [0.1, 0.15) is 0 Å². The lowest BCUT2D eigenvalue weighted by Gasteiger charge is -2.29. The molecule has 0 unspecified atom stereocenters. The highest BCUT2D eigenvalue weighted by molar-refractivity contribution is 5.47. The fourth-order valence-electron chi connectivity index (χ4n) is 2.31. The summed E-state index contributed by atoms with van der Waals surface area (Å²) in [5.74, 6) is 0. The largest absolute Gasteiger partial charge is 0.373 e. The lowest BCUT2D eigenvalue weighted by Crippen LogP contribution is -2.35. The average molecular weight is 247 g/mol. The SMILES string of the molecule is Cc1ccc(C)c(COC2CCN(C=O)CC2)c1. The highest BCUT2D eigenvalue weighted by atomic mass is 16.5. The van der Waals surface area contributed by atoms with Gasteiger partial charge in [0, 0.05) is 13.1 Å². The van der Waals surface area contributed by atoms with E-state index in [2.05, 4.69) is 32.0 Å². The molecule has 0 radical (unpaired) electrons. The summed E-state index contributed by atoms with van der Waals surface area (Å²) >= 11 is 0. The predicted molar refractivity (Wildman–Crippen MR) is 71.4 cm³/mol. The van der Waals surface area contributed by atoms with E-state index in [1.807, 2.05) is 4.90 Å². The van der Waals surface area contributed by atoms with E-state index in [9.17, 15) is 4.79 Å². The molecule has 0 N–H and O–H groups in total. The molecule has 2 rings (SSSR count). The van der Waals surface area contributed by atoms with Crippen molar-refractivity contribution in [2.75, 3.05) is 13.1 Å². The quantitative estimate of drug-likeness (QED) is 0.765. The maximum absolute atomic E-state index is 10.6. The average Bonchev–Trinajstić information content (AvgIpc) is 2.40. The summed E-state index contributed by atoms with van der Waals surface area (Å²) in [5, 5.41) is 0. The lowest BCUT2D eigenvalue weighted by atomic mass is 10.1. The predicted octanol–water partition coefficient (Wildman–Crippen LogP) is 2.44. The van der Waals surface area contributed by atoms with E-state index in [1.54, 1.807) is 0 Å². The topological polar surface area (TPSA) is 29.5 Å². The molecule has 98 valence electrons. The number of piperidine rings is 1. The molecule has 1 aliphatic rings. The smallest absolute Gasteiger partial charge is 0.209 e. The van der Waals surface area contributed by atoms with Crippen molar-refractivity contribution in [2.45, 2.75) is 39.4 Å². The lowest BCUT2D eigenvalue weighted by molar-refractivity contribution is -0.120. The fourth-order valence-corrected chi connectivity index (χ4v) is 2.31. The summed E-state index contributed by atoms with van der Waals surface area (Å²) in [6.45, 7) is 6.54. The molecule has 1 aliphatic heterocycles. The molecule has 1 saturated heterocycles. The summed E-state index contributed by atoms with van der Waals surface area (Å²) in [6, 6.07) is 6.46. The maximum Gasteiger partial charge on any atom is 0.209 e. The van der Waals surface area contributed by atoms with E-state index < -0.39 is 0 Å². The van der Waals surface area contributed by atoms with Crippen LogP contribution in [0.15, 0.2) is 18.2 Å². The van der Waals surface area contributed by atoms with Crippen molar-refractivity contribution in [2.24, 2.45) is 0 Å². The van der Waals surface area contributed by atoms with Gasteiger partial charge in [-0.2, -0.15) is 0 Å². The molecule has 0 saturated carbocycles. The van der Waals surface area contributed by atoms with Gasteiger partial charge >= 0.3 is 0 Å². The van der Waals surface area contributed by atoms with Crippen molar-refractivity contribution < 1.29 is 9.53 Å². The molecule has 3 nitrogen and oxygen atoms in total. The molecule has 0 atom stereocenters. The fraction of sp³-hybridized carbons (Fsp3) is 0.533. The Morgan fingerprint density at radius 2 is 2.06 bits per heavy atom. The third-order valence-corrected chi connectivity index (χ3v) is 3.60. The highest BCUT2D eigenvalue weighted by Crippen LogP contribution is 2.17. The Hall–Kier alpha value is -1.35. The second kappa shape index (κ2) is 6.01. The highest BCUT2D eigenvalue weighted by Gasteiger charge is 2.18. The van der Waals surface area contributed by atoms with Crippen molar-refractivity contribution in [3.05, 3.63) is 34.9 Å². The molecule has 0 spiro atoms. The minimum Gasteiger partial charge on any atom is -0.373 e. The number of aryl methyl sites for hydroxylation is 2. The monoisotopic (exact) mass is 247 g/mol. The van der Waals surface area contributed by atoms with Crippen molar-refractivity contribution in [3.63, 3.8) is 0 Å². The van der Waals surface area contributed by atoms with Crippen molar-refractivity contribution in [3.8, 4) is 0 Å². The van der Waals surface area contributed by atoms with E-state index in [1.165, 1.54) is 16.7 Å². The van der Waals surface area contributed by atoms with Gasteiger partial charge in [0.15, 0.2) is 0 Å². The number of rotatable bonds is 4. The molecular weight excluding hydrogens is 226 g/mol. The van der Waals surface area contributed by atoms with Gasteiger partial charge in [-0.3, -0.25) is 4.79 Å². The second-order valence-corrected chi connectivity index (χ2v) is 5.08. The molecule has 0 aliphatic carbocycles. The Labute approximate surface area is 109 Å². The number of carbonyl (C=O) groups excluding carboxylic acids is 1. The Balaban J connectivity index is 1.85. The van der Waals surface area contributed by atoms with Gasteiger partial charge in [0.2, 0.25) is 6.41 Å². The molecule has 1 fully saturated rings. The first-order valence-electron chi connectivity index (χ1n) is 6.56. The van der Waals surface area contributed by atoms with Crippen LogP contribution < -0.4 is 0 Å². The normalized spacial score (nSPS) is 16.9. The van der Waals surface area contributed by atoms with Crippen LogP contribution in [0.4, 0.5) is 0 Å². The van der Waals surface area contributed by atoms with Gasteiger partial charge in [0.05, 0.1) is 12.7 Å². The standard InChI is InChI=1S/C15H21NO2/c1-12-3-4-13(2)14(9-12)10-18-15-5-7-16(11-17)8-6-15/h3-4,9,11,15H,5-8,10H2,1-2H3. The molecule has 1 amide bonds. The summed E-state index contributed by atoms with van der Waals surface area (Å²) in [4.78, 5) is 12.4. The number of amides is 1. The molecule has 1 aromatic rings. The summed E-state index contributed by atoms with van der Waals surface area (Å²) in [7, 11) is 0. The maximum atomic E-state index is 10.6. The summed E-state index contributed by atoms with van der Waals surface area (Å²) in [6.07, 6.45) is 3.12. The van der Waals surface area contributed by atoms with E-state index in [0.29, 0.717) is 12.7 Å². The van der Waals surface area contributed by atoms with E-state index in [0.717, 1.165) is 32.3 Å². The number of likely N-dealkylation sites (tertiary alicyclic amines) is 1. The van der Waals surface area contributed by atoms with Gasteiger partial charge in [-0.05, 0) is 37.8 Å². The molecule has 0 aromatic heterocycles. The second-order valence-electron chi connectivity index (χ2n) is 5.08. The zero-order valence-electron chi connectivity index (χ0n) is 11.2. The van der Waals surface area contributed by atoms with E-state index >= 15 is 0 Å². The van der Waals surface area contributed by atoms with Crippen LogP contribution in [-0.2, 0) is 16.1 Å². The van der Waals surface area contributed by atoms with Gasteiger partial charge < -0.3 is 9.64 Å². The Morgan fingerprint density at radius 3 is 2.72 bits per heavy atom. The van der Waals surface area contributed by atoms with Crippen molar-refractivity contribution >= 4 is 6.41 Å². The number of hydrogen-bond acceptors (Lipinski definition) is 2. The van der Waals surface area contributed by atoms with Gasteiger partial charge in [-0.25, -0.2) is 0 Å². The first-order valence-corrected chi connectivity index (χ1v) is 6.56. The van der Waals surface area contributed by atoms with Crippen LogP contribution in [0.5, 0.6) is 0 Å². The van der Waals surface area contributed by atoms with Gasteiger partial charge in [-0.15, -0.1) is 0 Å². The molecule has 0 bridgehead atoms. The van der Waals surface area contributed by atoms with E-state index in [4.69, 9.17) is 4.74 Å². The molecule has 1 aromatic carbocycles. The first-order chi connectivity index (χ1) is 8.69. The van der Waals surface area contributed by atoms with Crippen LogP contribution in [0.1, 0.15) is 29.5 Å². The molecular formula is C15H21NO2. The van der Waals surface area contributed by atoms with Crippen LogP contribution in [0.25, 0.3) is 0 Å². The number of ether oxygens (including phenoxy) is 1. The van der Waals surface area contributed by atoms with Crippen LogP contribution in [-0.4, -0.2) is 30.5 Å². The number of nitrogens with zero attached hydrogens (tertiary/aromatic N) is 1. The third kappa shape index (κ3) is 3.33. The van der Waals surface area contributed by atoms with Crippen LogP contribution in [0, 0.1) is 13.8 Å². The minimum absolute atomic E-state index is 0.293. The summed E-state index contributed by atoms with van der Waals surface area (Å²) < 4.78 is 5.96. The Morgan fingerprint density at radius 1 is 1.33 bits per heavy atom. The van der Waals surface area contributed by atoms with Crippen LogP contribution >= 0.6 is 0 Å². The Kier molecular flexibility index (Phi) is 4.37. The number of hydrogen-bond donors (Lipinski definition) is 0. The van der Waals surface area contributed by atoms with Crippen molar-refractivity contribution in [1.82, 2.24) is 4.90 Å². The molecule has 1 heterocycles. The van der Waals surface area contributed by atoms with Crippen LogP contribution in [0.3, 0.4) is 0 Å². The Bertz CT molecular complexity index is 409. The van der Waals surface area contributed by atoms with Gasteiger partial charge in [0.25, 0.3) is 0 Å². The first kappa shape index (κ1) is 13.1. The zero-order chi connectivity index (χ0) is 13.0.